The van der Waals surface area contributed by atoms with E-state index < -0.39 is 11.7 Å². The van der Waals surface area contributed by atoms with Crippen molar-refractivity contribution >= 4 is 11.7 Å². The summed E-state index contributed by atoms with van der Waals surface area (Å²) < 4.78 is 0. The number of rotatable bonds is 4. The Kier molecular flexibility index (Phi) is 5.27. The fourth-order valence-electron chi connectivity index (χ4n) is 4.21. The number of piperidine rings is 1. The van der Waals surface area contributed by atoms with Gasteiger partial charge in [-0.2, -0.15) is 0 Å². The van der Waals surface area contributed by atoms with E-state index in [-0.39, 0.29) is 0 Å². The van der Waals surface area contributed by atoms with Gasteiger partial charge in [0.1, 0.15) is 0 Å². The Morgan fingerprint density at radius 3 is 2.52 bits per heavy atom. The normalized spacial score (nSPS) is 23.3. The smallest absolute Gasteiger partial charge is 0.295 e. The summed E-state index contributed by atoms with van der Waals surface area (Å²) in [5.41, 5.74) is 8.43. The van der Waals surface area contributed by atoms with Gasteiger partial charge >= 0.3 is 0 Å². The van der Waals surface area contributed by atoms with Gasteiger partial charge in [-0.25, -0.2) is 0 Å². The summed E-state index contributed by atoms with van der Waals surface area (Å²) >= 11 is 0. The minimum Gasteiger partial charge on any atom is -0.336 e. The van der Waals surface area contributed by atoms with Gasteiger partial charge in [0, 0.05) is 49.6 Å². The van der Waals surface area contributed by atoms with Crippen LogP contribution < -0.4 is 10.9 Å². The number of likely N-dealkylation sites (tertiary alicyclic amines) is 1. The van der Waals surface area contributed by atoms with Crippen LogP contribution in [0.3, 0.4) is 0 Å². The number of carbonyl (C=O) groups excluding carboxylic acids is 2. The van der Waals surface area contributed by atoms with Crippen LogP contribution in [0.25, 0.3) is 0 Å². The summed E-state index contributed by atoms with van der Waals surface area (Å²) in [6.07, 6.45) is 4.84. The molecule has 0 radical (unpaired) electrons. The van der Waals surface area contributed by atoms with E-state index >= 15 is 0 Å². The molecule has 1 aromatic carbocycles. The van der Waals surface area contributed by atoms with Gasteiger partial charge in [-0.1, -0.05) is 30.3 Å². The highest BCUT2D eigenvalue weighted by molar-refractivity contribution is 6.42. The number of Topliss-reactive ketones (excluding diaryl/α,β-unsaturated/α-hetero) is 1. The fraction of sp³-hybridized carbons (Fsp3) is 0.381. The highest BCUT2D eigenvalue weighted by Gasteiger charge is 2.37. The average molecular weight is 364 g/mol. The molecule has 3 heterocycles. The number of hydrazine groups is 1. The first-order valence-electron chi connectivity index (χ1n) is 9.51. The van der Waals surface area contributed by atoms with Crippen LogP contribution in [0.15, 0.2) is 54.9 Å². The molecule has 2 aliphatic heterocycles. The van der Waals surface area contributed by atoms with E-state index in [0.29, 0.717) is 36.5 Å². The summed E-state index contributed by atoms with van der Waals surface area (Å²) in [6, 6.07) is 14.2. The summed E-state index contributed by atoms with van der Waals surface area (Å²) in [6.45, 7) is 2.15. The zero-order valence-electron chi connectivity index (χ0n) is 15.2. The van der Waals surface area contributed by atoms with Crippen molar-refractivity contribution < 1.29 is 9.59 Å². The van der Waals surface area contributed by atoms with Crippen molar-refractivity contribution in [1.29, 1.82) is 0 Å². The number of benzene rings is 1. The van der Waals surface area contributed by atoms with Gasteiger partial charge in [0.15, 0.2) is 0 Å². The number of carbonyl (C=O) groups is 2. The van der Waals surface area contributed by atoms with E-state index in [0.717, 1.165) is 19.4 Å². The molecule has 2 aliphatic rings. The molecule has 2 aromatic rings. The summed E-state index contributed by atoms with van der Waals surface area (Å²) in [5.74, 6) is 0.0150. The zero-order chi connectivity index (χ0) is 18.6. The number of hydrogen-bond acceptors (Lipinski definition) is 5. The lowest BCUT2D eigenvalue weighted by atomic mass is 9.80. The van der Waals surface area contributed by atoms with Crippen LogP contribution in [0, 0.1) is 5.92 Å². The highest BCUT2D eigenvalue weighted by atomic mass is 16.2. The van der Waals surface area contributed by atoms with Crippen molar-refractivity contribution in [3.63, 3.8) is 0 Å². The molecule has 2 atom stereocenters. The molecule has 27 heavy (non-hydrogen) atoms. The molecule has 1 aromatic heterocycles. The van der Waals surface area contributed by atoms with Crippen molar-refractivity contribution in [2.45, 2.75) is 24.8 Å². The minimum atomic E-state index is -0.468. The molecule has 4 rings (SSSR count). The number of nitrogens with one attached hydrogen (secondary N) is 2. The van der Waals surface area contributed by atoms with Crippen LogP contribution in [0.1, 0.15) is 34.7 Å². The van der Waals surface area contributed by atoms with Gasteiger partial charge in [0.05, 0.1) is 0 Å². The van der Waals surface area contributed by atoms with Crippen LogP contribution >= 0.6 is 0 Å². The lowest BCUT2D eigenvalue weighted by Gasteiger charge is -2.36. The second-order valence-electron chi connectivity index (χ2n) is 7.27. The molecule has 6 nitrogen and oxygen atoms in total. The van der Waals surface area contributed by atoms with Gasteiger partial charge in [-0.15, -0.1) is 0 Å². The molecular weight excluding hydrogens is 340 g/mol. The molecule has 2 unspecified atom stereocenters. The Morgan fingerprint density at radius 1 is 1.04 bits per heavy atom. The molecule has 2 N–H and O–H groups in total. The first-order chi connectivity index (χ1) is 13.2. The predicted octanol–water partition coefficient (Wildman–Crippen LogP) is 1.76. The lowest BCUT2D eigenvalue weighted by Crippen LogP contribution is -2.47. The number of aromatic nitrogens is 1. The Hall–Kier alpha value is -2.57. The number of pyridine rings is 1. The van der Waals surface area contributed by atoms with Crippen LogP contribution in [0.4, 0.5) is 0 Å². The fourth-order valence-corrected chi connectivity index (χ4v) is 4.21. The molecule has 0 bridgehead atoms. The molecule has 1 amide bonds. The lowest BCUT2D eigenvalue weighted by molar-refractivity contribution is -0.127. The molecule has 0 saturated carbocycles. The number of nitrogens with zero attached hydrogens (tertiary/aromatic N) is 2. The standard InChI is InChI=1S/C21H24N4O2/c26-20(17-7-4-10-22-13-17)21(27)25-11-8-16(9-12-25)19-18(14-23-24-19)15-5-2-1-3-6-15/h1-7,10,13,16,18-19,23-24H,8-9,11-12,14H2. The predicted molar refractivity (Wildman–Crippen MR) is 102 cm³/mol. The van der Waals surface area contributed by atoms with E-state index in [4.69, 9.17) is 0 Å². The highest BCUT2D eigenvalue weighted by Crippen LogP contribution is 2.32. The molecule has 2 fully saturated rings. The SMILES string of the molecule is O=C(C(=O)N1CCC(C2NNCC2c2ccccc2)CC1)c1cccnc1. The molecule has 140 valence electrons. The van der Waals surface area contributed by atoms with Crippen LogP contribution in [0.5, 0.6) is 0 Å². The van der Waals surface area contributed by atoms with E-state index in [1.54, 1.807) is 23.2 Å². The van der Waals surface area contributed by atoms with Gasteiger partial charge < -0.3 is 4.90 Å². The third-order valence-electron chi connectivity index (χ3n) is 5.70. The van der Waals surface area contributed by atoms with Gasteiger partial charge in [0.25, 0.3) is 11.7 Å². The largest absolute Gasteiger partial charge is 0.336 e. The first kappa shape index (κ1) is 17.8. The molecule has 0 aliphatic carbocycles. The zero-order valence-corrected chi connectivity index (χ0v) is 15.2. The Bertz CT molecular complexity index is 788. The van der Waals surface area contributed by atoms with Gasteiger partial charge in [-0.05, 0) is 36.5 Å². The van der Waals surface area contributed by atoms with Crippen LogP contribution in [0.2, 0.25) is 0 Å². The van der Waals surface area contributed by atoms with Crippen molar-refractivity contribution in [2.24, 2.45) is 5.92 Å². The van der Waals surface area contributed by atoms with Crippen molar-refractivity contribution in [1.82, 2.24) is 20.7 Å². The summed E-state index contributed by atoms with van der Waals surface area (Å²) in [5, 5.41) is 0. The number of amides is 1. The minimum absolute atomic E-state index is 0.346. The Balaban J connectivity index is 1.37. The number of hydrogen-bond donors (Lipinski definition) is 2. The maximum atomic E-state index is 12.5. The maximum Gasteiger partial charge on any atom is 0.295 e. The number of ketones is 1. The third kappa shape index (κ3) is 3.77. The Labute approximate surface area is 158 Å². The maximum absolute atomic E-state index is 12.5. The first-order valence-corrected chi connectivity index (χ1v) is 9.51. The van der Waals surface area contributed by atoms with Gasteiger partial charge in [-0.3, -0.25) is 25.4 Å². The monoisotopic (exact) mass is 364 g/mol. The quantitative estimate of drug-likeness (QED) is 0.639. The van der Waals surface area contributed by atoms with Crippen LogP contribution in [-0.4, -0.2) is 47.3 Å². The van der Waals surface area contributed by atoms with Gasteiger partial charge in [0.2, 0.25) is 0 Å². The topological polar surface area (TPSA) is 74.3 Å². The van der Waals surface area contributed by atoms with Crippen molar-refractivity contribution in [3.8, 4) is 0 Å². The van der Waals surface area contributed by atoms with Crippen LogP contribution in [-0.2, 0) is 4.79 Å². The summed E-state index contributed by atoms with van der Waals surface area (Å²) in [4.78, 5) is 30.5. The Morgan fingerprint density at radius 2 is 1.81 bits per heavy atom. The van der Waals surface area contributed by atoms with E-state index in [1.807, 2.05) is 6.07 Å². The summed E-state index contributed by atoms with van der Waals surface area (Å²) in [7, 11) is 0. The van der Waals surface area contributed by atoms with E-state index in [1.165, 1.54) is 11.8 Å². The molecule has 2 saturated heterocycles. The molecule has 6 heteroatoms. The second kappa shape index (κ2) is 7.98. The van der Waals surface area contributed by atoms with E-state index in [9.17, 15) is 9.59 Å². The average Bonchev–Trinajstić information content (AvgIpc) is 3.24. The molecular formula is C21H24N4O2. The van der Waals surface area contributed by atoms with Crippen molar-refractivity contribution in [3.05, 3.63) is 66.0 Å². The van der Waals surface area contributed by atoms with E-state index in [2.05, 4.69) is 40.1 Å². The molecule has 0 spiro atoms. The second-order valence-corrected chi connectivity index (χ2v) is 7.27. The van der Waals surface area contributed by atoms with Crippen molar-refractivity contribution in [2.75, 3.05) is 19.6 Å². The third-order valence-corrected chi connectivity index (χ3v) is 5.70.